The molecule has 10 aliphatic carbocycles. The smallest absolute Gasteiger partial charge is 1.00 e. The molecule has 0 radical (unpaired) electrons. The molecule has 2 unspecified atom stereocenters. The van der Waals surface area contributed by atoms with Gasteiger partial charge in [0.05, 0.1) is 0 Å². The Balaban J connectivity index is -0.000000325. The molecule has 10 aliphatic rings. The summed E-state index contributed by atoms with van der Waals surface area (Å²) in [4.78, 5) is 0. The van der Waals surface area contributed by atoms with Gasteiger partial charge in [-0.25, -0.2) is 0 Å². The minimum atomic E-state index is -1.87. The van der Waals surface area contributed by atoms with Gasteiger partial charge in [-0.2, -0.15) is 0 Å². The summed E-state index contributed by atoms with van der Waals surface area (Å²) in [6, 6.07) is 0. The fraction of sp³-hybridized carbons (Fsp3) is 0.432. The van der Waals surface area contributed by atoms with Crippen LogP contribution in [0.1, 0.15) is 198 Å². The van der Waals surface area contributed by atoms with E-state index in [-0.39, 0.29) is 124 Å². The van der Waals surface area contributed by atoms with Gasteiger partial charge in [0.15, 0.2) is 0 Å². The van der Waals surface area contributed by atoms with Gasteiger partial charge in [-0.05, 0) is 0 Å². The predicted octanol–water partition coefficient (Wildman–Crippen LogP) is -7.52. The summed E-state index contributed by atoms with van der Waals surface area (Å²) < 4.78 is 24.1. The standard InChI is InChI=1S/4C9H13.2C7H9.2C6H7.2C5H5.2CH2.10ClH.5Hf/c4*1-2-3-6-9-7-4-5-8-9;2*1-6-3-4-7(2)5-6;2*1-6-4-2-3-5-6;2*1-2-4-5-3-1;;;;;;;;;;;;;;;;;/h2*7-8H,2-4,6H2,1H3;2*4,7H,2-3,5-6H2,1H3;2*3-5H,1-2H3;2*2,4H,3H2,1H3;2*1-3H,4H2;2*1H2;10*1H;;;;;/q;;;;;;;;;;;;;;;;;;;;;;2*-2;3*+2/p-10. The molecule has 0 fully saturated rings. The zero-order valence-corrected chi connectivity index (χ0v) is 80.2. The van der Waals surface area contributed by atoms with Crippen LogP contribution >= 0.6 is 0 Å². The van der Waals surface area contributed by atoms with Crippen LogP contribution < -0.4 is 124 Å². The summed E-state index contributed by atoms with van der Waals surface area (Å²) >= 11 is -5.65. The van der Waals surface area contributed by atoms with Crippen molar-refractivity contribution < 1.29 is 235 Å². The largest absolute Gasteiger partial charge is 1.00 e. The van der Waals surface area contributed by atoms with Crippen LogP contribution in [0.3, 0.4) is 0 Å². The fourth-order valence-corrected chi connectivity index (χ4v) is 42.2. The number of hydrogen-bond acceptors (Lipinski definition) is 0. The van der Waals surface area contributed by atoms with E-state index in [0.717, 1.165) is 0 Å². The average Bonchev–Trinajstić information content (AvgIpc) is 3.72. The van der Waals surface area contributed by atoms with Gasteiger partial charge in [-0.3, -0.25) is 0 Å². The maximum absolute atomic E-state index is 4.64. The van der Waals surface area contributed by atoms with E-state index in [4.69, 9.17) is 0 Å². The van der Waals surface area contributed by atoms with Crippen molar-refractivity contribution in [3.05, 3.63) is 217 Å². The molecule has 2 atom stereocenters. The molecule has 10 rings (SSSR count). The Morgan fingerprint density at radius 1 is 0.404 bits per heavy atom. The minimum Gasteiger partial charge on any atom is -1.00 e. The van der Waals surface area contributed by atoms with Crippen molar-refractivity contribution in [1.29, 1.82) is 0 Å². The molecule has 15 heteroatoms. The SMILES string of the molecule is CC1=C[C](C)([Hf+2][C]2(C)C=CC(C)=C2)C=C1.CC1=[C]([Hf+2][C]2=C(C)C=CC2)CC=C1.CCCCC1=[C]([Hf+2][C]2=C(CCCC)C=CC2)CC=C1.[CH2]=[Hf-2]([C]1=CC(CCCC)=CC1)[C]1=CC(CCCC)=CC1.[CH2]=[Hf-2]([C]1=CC=CC1)[C]1=CC=CC1.[Cl-].[Cl-].[Cl-].[Cl-].[Cl-].[Cl-].[Cl-].[Cl-].[Cl-].[Cl-]. The predicted molar refractivity (Wildman–Crippen MR) is 335 cm³/mol. The summed E-state index contributed by atoms with van der Waals surface area (Å²) in [6.07, 6.45) is 82.3. The van der Waals surface area contributed by atoms with Crippen molar-refractivity contribution in [3.63, 3.8) is 0 Å². The summed E-state index contributed by atoms with van der Waals surface area (Å²) in [6.45, 7) is 22.9. The van der Waals surface area contributed by atoms with Crippen molar-refractivity contribution in [2.75, 3.05) is 0 Å². The minimum absolute atomic E-state index is 0. The summed E-state index contributed by atoms with van der Waals surface area (Å²) in [5.74, 6) is 0. The van der Waals surface area contributed by atoms with Crippen molar-refractivity contribution >= 4 is 8.52 Å². The van der Waals surface area contributed by atoms with Gasteiger partial charge in [0.1, 0.15) is 0 Å². The van der Waals surface area contributed by atoms with Gasteiger partial charge in [-0.15, -0.1) is 0 Å². The van der Waals surface area contributed by atoms with Crippen molar-refractivity contribution in [2.45, 2.75) is 204 Å². The third-order valence-electron chi connectivity index (χ3n) is 16.2. The first-order valence-corrected chi connectivity index (χ1v) is 53.7. The van der Waals surface area contributed by atoms with Gasteiger partial charge < -0.3 is 124 Å². The van der Waals surface area contributed by atoms with E-state index in [1.54, 1.807) is 53.4 Å². The Kier molecular flexibility index (Phi) is 60.0. The summed E-state index contributed by atoms with van der Waals surface area (Å²) in [5.41, 5.74) is 12.6. The molecule has 0 saturated heterocycles. The Morgan fingerprint density at radius 3 is 1.06 bits per heavy atom. The second-order valence-corrected chi connectivity index (χ2v) is 58.7. The van der Waals surface area contributed by atoms with Crippen molar-refractivity contribution in [1.82, 2.24) is 0 Å². The van der Waals surface area contributed by atoms with Crippen LogP contribution in [0.5, 0.6) is 0 Å². The maximum Gasteiger partial charge on any atom is -1.00 e. The second kappa shape index (κ2) is 53.7. The molecule has 0 aliphatic heterocycles. The van der Waals surface area contributed by atoms with E-state index >= 15 is 0 Å². The molecule has 0 N–H and O–H groups in total. The Bertz CT molecular complexity index is 2730. The number of unbranched alkanes of at least 4 members (excludes halogenated alkanes) is 4. The molecule has 0 spiro atoms. The number of rotatable bonds is 22. The molecule has 0 amide bonds. The quantitative estimate of drug-likeness (QED) is 0.0948. The molecule has 0 saturated carbocycles. The molecular formula is C74H98Cl10Hf5-8. The Morgan fingerprint density at radius 2 is 0.742 bits per heavy atom. The molecule has 0 aromatic heterocycles. The molecule has 89 heavy (non-hydrogen) atoms. The van der Waals surface area contributed by atoms with E-state index in [1.165, 1.54) is 140 Å². The monoisotopic (exact) mass is 2240 g/mol. The van der Waals surface area contributed by atoms with Crippen molar-refractivity contribution in [3.8, 4) is 0 Å². The van der Waals surface area contributed by atoms with Gasteiger partial charge in [-0.1, -0.05) is 0 Å². The normalized spacial score (nSPS) is 20.0. The van der Waals surface area contributed by atoms with Crippen LogP contribution in [0.15, 0.2) is 217 Å². The number of allylic oxidation sites excluding steroid dienone is 40. The summed E-state index contributed by atoms with van der Waals surface area (Å²) in [5, 5.41) is 0. The second-order valence-electron chi connectivity index (χ2n) is 23.5. The molecule has 0 bridgehead atoms. The molecule has 0 aromatic rings. The molecular weight excluding hydrogens is 2140 g/mol. The molecule has 0 aromatic carbocycles. The van der Waals surface area contributed by atoms with Crippen LogP contribution in [0.2, 0.25) is 6.34 Å². The van der Waals surface area contributed by atoms with Gasteiger partial charge >= 0.3 is 540 Å². The zero-order valence-electron chi connectivity index (χ0n) is 54.7. The van der Waals surface area contributed by atoms with Gasteiger partial charge in [0.25, 0.3) is 0 Å². The van der Waals surface area contributed by atoms with Crippen LogP contribution in [-0.2, 0) is 111 Å². The van der Waals surface area contributed by atoms with Crippen molar-refractivity contribution in [2.24, 2.45) is 0 Å². The Hall–Kier alpha value is 1.79. The van der Waals surface area contributed by atoms with E-state index in [1.807, 2.05) is 6.66 Å². The third-order valence-corrected chi connectivity index (χ3v) is 51.0. The zero-order chi connectivity index (χ0) is 56.6. The van der Waals surface area contributed by atoms with E-state index in [0.29, 0.717) is 6.34 Å². The van der Waals surface area contributed by atoms with Crippen LogP contribution in [0, 0.1) is 0 Å². The first-order valence-electron chi connectivity index (χ1n) is 30.7. The first-order chi connectivity index (χ1) is 38.1. The Labute approximate surface area is 654 Å². The van der Waals surface area contributed by atoms with Gasteiger partial charge in [0.2, 0.25) is 0 Å². The van der Waals surface area contributed by atoms with E-state index < -0.39 is 111 Å². The fourth-order valence-electron chi connectivity index (χ4n) is 11.4. The van der Waals surface area contributed by atoms with Crippen LogP contribution in [-0.4, -0.2) is 8.52 Å². The summed E-state index contributed by atoms with van der Waals surface area (Å²) in [7, 11) is 0. The molecule has 492 valence electrons. The topological polar surface area (TPSA) is 0 Å². The number of halogens is 10. The molecule has 0 heterocycles. The van der Waals surface area contributed by atoms with E-state index in [2.05, 4.69) is 224 Å². The maximum atomic E-state index is 4.64. The molecule has 0 nitrogen and oxygen atoms in total. The van der Waals surface area contributed by atoms with Crippen LogP contribution in [0.4, 0.5) is 0 Å². The van der Waals surface area contributed by atoms with Gasteiger partial charge in [0, 0.05) is 0 Å². The third kappa shape index (κ3) is 34.4. The average molecular weight is 2230 g/mol. The van der Waals surface area contributed by atoms with Crippen LogP contribution in [0.25, 0.3) is 0 Å². The first kappa shape index (κ1) is 99.5. The van der Waals surface area contributed by atoms with E-state index in [9.17, 15) is 0 Å². The number of hydrogen-bond donors (Lipinski definition) is 0.